The van der Waals surface area contributed by atoms with Crippen LogP contribution in [-0.4, -0.2) is 15.2 Å². The van der Waals surface area contributed by atoms with E-state index in [1.165, 1.54) is 0 Å². The Morgan fingerprint density at radius 1 is 0.727 bits per heavy atom. The van der Waals surface area contributed by atoms with Crippen molar-refractivity contribution in [3.05, 3.63) is 0 Å². The number of hydrogen-bond donors (Lipinski definition) is 0. The fourth-order valence-corrected chi connectivity index (χ4v) is 0. The summed E-state index contributed by atoms with van der Waals surface area (Å²) in [6.07, 6.45) is 0. The Kier molecular flexibility index (Phi) is 10.3. The van der Waals surface area contributed by atoms with Crippen molar-refractivity contribution in [2.24, 2.45) is 0 Å². The summed E-state index contributed by atoms with van der Waals surface area (Å²) in [5, 5.41) is 12.0. The van der Waals surface area contributed by atoms with Crippen molar-refractivity contribution in [1.29, 1.82) is 10.8 Å². The van der Waals surface area contributed by atoms with Gasteiger partial charge in [0.2, 0.25) is 0 Å². The molecule has 0 saturated carbocycles. The molecular formula is C6H19N2NaSi2. The van der Waals surface area contributed by atoms with Crippen LogP contribution in [0.1, 0.15) is 1.43 Å². The number of hydrogen-bond acceptors (Lipinski definition) is 2. The van der Waals surface area contributed by atoms with Crippen molar-refractivity contribution in [2.75, 3.05) is 0 Å². The molecule has 62 valence electrons. The molecule has 0 amide bonds. The van der Waals surface area contributed by atoms with E-state index in [9.17, 15) is 0 Å². The number of rotatable bonds is 1. The van der Waals surface area contributed by atoms with Crippen LogP contribution in [-0.2, 0) is 0 Å². The zero-order chi connectivity index (χ0) is 9.00. The molecular weight excluding hydrogens is 179 g/mol. The van der Waals surface area contributed by atoms with Crippen LogP contribution in [0.4, 0.5) is 0 Å². The standard InChI is InChI=1S/C6H18Si2.N2.Na.H/c1-7(2,3)8(4,5)6;1-2;;/h1-6H3;;;/q;;+1;-1. The molecule has 0 heterocycles. The maximum Gasteiger partial charge on any atom is 1.00 e. The van der Waals surface area contributed by atoms with Gasteiger partial charge in [-0.3, -0.25) is 0 Å². The molecule has 0 aliphatic rings. The summed E-state index contributed by atoms with van der Waals surface area (Å²) in [4.78, 5) is 0. The minimum Gasteiger partial charge on any atom is -1.00 e. The number of nitrogens with zero attached hydrogens (tertiary/aromatic N) is 2. The summed E-state index contributed by atoms with van der Waals surface area (Å²) >= 11 is 0. The molecule has 0 aliphatic heterocycles. The first-order valence-electron chi connectivity index (χ1n) is 3.45. The van der Waals surface area contributed by atoms with Gasteiger partial charge in [-0.25, -0.2) is 0 Å². The first-order valence-corrected chi connectivity index (χ1v) is 11.4. The van der Waals surface area contributed by atoms with Crippen LogP contribution < -0.4 is 29.6 Å². The van der Waals surface area contributed by atoms with Gasteiger partial charge in [-0.1, -0.05) is 39.3 Å². The maximum absolute atomic E-state index is 6.00. The van der Waals surface area contributed by atoms with Crippen LogP contribution in [0.3, 0.4) is 0 Å². The summed E-state index contributed by atoms with van der Waals surface area (Å²) in [6.45, 7) is 14.8. The molecule has 0 unspecified atom stereocenters. The van der Waals surface area contributed by atoms with Gasteiger partial charge >= 0.3 is 29.6 Å². The van der Waals surface area contributed by atoms with Crippen LogP contribution in [0.15, 0.2) is 0 Å². The molecule has 0 N–H and O–H groups in total. The van der Waals surface area contributed by atoms with Gasteiger partial charge in [0.15, 0.2) is 0 Å². The monoisotopic (exact) mass is 198 g/mol. The molecule has 0 aromatic heterocycles. The zero-order valence-electron chi connectivity index (χ0n) is 9.89. The van der Waals surface area contributed by atoms with Gasteiger partial charge in [0.25, 0.3) is 0 Å². The predicted octanol–water partition coefficient (Wildman–Crippen LogP) is -0.112. The summed E-state index contributed by atoms with van der Waals surface area (Å²) < 4.78 is 0. The fourth-order valence-electron chi connectivity index (χ4n) is 0. The second-order valence-corrected chi connectivity index (χ2v) is 22.5. The molecule has 0 aliphatic carbocycles. The van der Waals surface area contributed by atoms with E-state index in [0.29, 0.717) is 0 Å². The van der Waals surface area contributed by atoms with Gasteiger partial charge in [0.05, 0.1) is 0 Å². The maximum atomic E-state index is 6.00. The largest absolute Gasteiger partial charge is 1.00 e. The average molecular weight is 198 g/mol. The summed E-state index contributed by atoms with van der Waals surface area (Å²) in [6, 6.07) is 0. The summed E-state index contributed by atoms with van der Waals surface area (Å²) in [7, 11) is -1.44. The van der Waals surface area contributed by atoms with Gasteiger partial charge in [-0.15, -0.1) is 0 Å². The molecule has 0 atom stereocenters. The van der Waals surface area contributed by atoms with E-state index in [1.807, 2.05) is 0 Å². The van der Waals surface area contributed by atoms with E-state index in [0.717, 1.165) is 0 Å². The van der Waals surface area contributed by atoms with Gasteiger partial charge in [0.1, 0.15) is 0 Å². The third-order valence-electron chi connectivity index (χ3n) is 2.25. The Labute approximate surface area is 95.8 Å². The van der Waals surface area contributed by atoms with Crippen molar-refractivity contribution in [2.45, 2.75) is 39.3 Å². The normalized spacial score (nSPS) is 10.5. The van der Waals surface area contributed by atoms with E-state index >= 15 is 0 Å². The second kappa shape index (κ2) is 6.38. The van der Waals surface area contributed by atoms with Crippen LogP contribution in [0.2, 0.25) is 39.3 Å². The van der Waals surface area contributed by atoms with Gasteiger partial charge in [-0.2, -0.15) is 0 Å². The third-order valence-corrected chi connectivity index (χ3v) is 20.2. The van der Waals surface area contributed by atoms with E-state index < -0.39 is 15.2 Å². The van der Waals surface area contributed by atoms with E-state index in [4.69, 9.17) is 10.8 Å². The molecule has 0 spiro atoms. The van der Waals surface area contributed by atoms with Gasteiger partial charge in [0, 0.05) is 26.0 Å². The van der Waals surface area contributed by atoms with Crippen molar-refractivity contribution in [3.8, 4) is 0 Å². The van der Waals surface area contributed by atoms with Gasteiger partial charge in [-0.05, 0) is 0 Å². The summed E-state index contributed by atoms with van der Waals surface area (Å²) in [5.74, 6) is 0. The van der Waals surface area contributed by atoms with E-state index in [2.05, 4.69) is 39.3 Å². The van der Waals surface area contributed by atoms with Crippen LogP contribution in [0.25, 0.3) is 0 Å². The average Bonchev–Trinajstić information content (AvgIpc) is 1.66. The molecule has 0 bridgehead atoms. The van der Waals surface area contributed by atoms with Crippen LogP contribution in [0, 0.1) is 10.8 Å². The first-order chi connectivity index (χ1) is 4.25. The Balaban J connectivity index is -0.0000000740. The van der Waals surface area contributed by atoms with Crippen LogP contribution in [0.5, 0.6) is 0 Å². The Bertz CT molecular complexity index is 105. The summed E-state index contributed by atoms with van der Waals surface area (Å²) in [5.41, 5.74) is 0. The quantitative estimate of drug-likeness (QED) is 0.436. The van der Waals surface area contributed by atoms with Crippen LogP contribution >= 0.6 is 0 Å². The van der Waals surface area contributed by atoms with E-state index in [-0.39, 0.29) is 31.0 Å². The minimum absolute atomic E-state index is 0. The SMILES string of the molecule is C[Si](C)(C)[Si](C)(C)C.N#N.[H-].[Na+]. The van der Waals surface area contributed by atoms with Crippen molar-refractivity contribution >= 4 is 15.2 Å². The molecule has 0 radical (unpaired) electrons. The zero-order valence-corrected chi connectivity index (χ0v) is 12.9. The third kappa shape index (κ3) is 8.76. The molecule has 0 aromatic rings. The minimum atomic E-state index is -0.720. The second-order valence-electron chi connectivity index (χ2n) is 4.50. The molecule has 0 fully saturated rings. The van der Waals surface area contributed by atoms with E-state index in [1.54, 1.807) is 0 Å². The molecule has 5 heteroatoms. The first kappa shape index (κ1) is 17.8. The van der Waals surface area contributed by atoms with Crippen molar-refractivity contribution in [1.82, 2.24) is 0 Å². The molecule has 0 aromatic carbocycles. The predicted molar refractivity (Wildman–Crippen MR) is 51.3 cm³/mol. The smallest absolute Gasteiger partial charge is 1.00 e. The topological polar surface area (TPSA) is 47.6 Å². The van der Waals surface area contributed by atoms with Gasteiger partial charge < -0.3 is 1.43 Å². The van der Waals surface area contributed by atoms with Crippen molar-refractivity contribution in [3.63, 3.8) is 0 Å². The molecule has 0 rings (SSSR count). The Hall–Kier alpha value is 0.854. The Morgan fingerprint density at radius 3 is 0.818 bits per heavy atom. The molecule has 11 heavy (non-hydrogen) atoms. The van der Waals surface area contributed by atoms with Crippen molar-refractivity contribution < 1.29 is 31.0 Å². The fraction of sp³-hybridized carbons (Fsp3) is 1.00. The molecule has 0 saturated heterocycles. The molecule has 2 nitrogen and oxygen atoms in total. The Morgan fingerprint density at radius 2 is 0.818 bits per heavy atom.